The molecule has 2 aromatic rings. The van der Waals surface area contributed by atoms with Gasteiger partial charge in [-0.05, 0) is 48.7 Å². The third-order valence-electron chi connectivity index (χ3n) is 3.46. The lowest BCUT2D eigenvalue weighted by atomic mass is 10.0. The summed E-state index contributed by atoms with van der Waals surface area (Å²) >= 11 is 0. The highest BCUT2D eigenvalue weighted by molar-refractivity contribution is 5.99. The second-order valence-corrected chi connectivity index (χ2v) is 5.22. The van der Waals surface area contributed by atoms with E-state index in [2.05, 4.69) is 16.9 Å². The Labute approximate surface area is 139 Å². The summed E-state index contributed by atoms with van der Waals surface area (Å²) in [6.45, 7) is 7.19. The fraction of sp³-hybridized carbons (Fsp3) is 0.158. The first-order valence-electron chi connectivity index (χ1n) is 7.52. The molecule has 0 saturated heterocycles. The summed E-state index contributed by atoms with van der Waals surface area (Å²) < 4.78 is 27.7. The first-order chi connectivity index (χ1) is 11.5. The van der Waals surface area contributed by atoms with Crippen LogP contribution in [0.5, 0.6) is 0 Å². The Morgan fingerprint density at radius 3 is 2.71 bits per heavy atom. The molecule has 1 aromatic carbocycles. The molecule has 0 aliphatic carbocycles. The highest BCUT2D eigenvalue weighted by atomic mass is 19.2. The average molecular weight is 328 g/mol. The van der Waals surface area contributed by atoms with E-state index in [-0.39, 0.29) is 5.69 Å². The van der Waals surface area contributed by atoms with Crippen LogP contribution in [0.4, 0.5) is 14.5 Å². The topological polar surface area (TPSA) is 42.0 Å². The van der Waals surface area contributed by atoms with Crippen LogP contribution in [-0.4, -0.2) is 10.9 Å². The maximum absolute atomic E-state index is 13.9. The van der Waals surface area contributed by atoms with Crippen molar-refractivity contribution >= 4 is 17.7 Å². The maximum Gasteiger partial charge on any atom is 0.247 e. The Bertz CT molecular complexity index is 813. The van der Waals surface area contributed by atoms with Gasteiger partial charge in [-0.25, -0.2) is 8.78 Å². The number of anilines is 1. The van der Waals surface area contributed by atoms with Gasteiger partial charge >= 0.3 is 0 Å². The van der Waals surface area contributed by atoms with Crippen LogP contribution in [0.25, 0.3) is 17.2 Å². The molecule has 1 amide bonds. The molecule has 0 bridgehead atoms. The number of nitrogens with one attached hydrogen (secondary N) is 1. The molecule has 0 unspecified atom stereocenters. The Kier molecular flexibility index (Phi) is 5.58. The number of aromatic nitrogens is 1. The Balaban J connectivity index is 2.50. The Morgan fingerprint density at radius 2 is 2.04 bits per heavy atom. The van der Waals surface area contributed by atoms with E-state index >= 15 is 0 Å². The van der Waals surface area contributed by atoms with Crippen LogP contribution in [-0.2, 0) is 4.79 Å². The number of hydrogen-bond acceptors (Lipinski definition) is 2. The molecule has 2 rings (SSSR count). The van der Waals surface area contributed by atoms with Crippen molar-refractivity contribution in [2.45, 2.75) is 20.3 Å². The van der Waals surface area contributed by atoms with E-state index in [1.165, 1.54) is 6.07 Å². The number of aryl methyl sites for hydroxylation is 1. The molecule has 0 fully saturated rings. The molecule has 124 valence electrons. The first-order valence-corrected chi connectivity index (χ1v) is 7.52. The van der Waals surface area contributed by atoms with E-state index in [9.17, 15) is 13.6 Å². The molecule has 1 N–H and O–H groups in total. The zero-order valence-electron chi connectivity index (χ0n) is 13.6. The lowest BCUT2D eigenvalue weighted by molar-refractivity contribution is -0.111. The summed E-state index contributed by atoms with van der Waals surface area (Å²) in [5.74, 6) is -2.77. The number of nitrogens with zero attached hydrogens (tertiary/aromatic N) is 1. The van der Waals surface area contributed by atoms with Gasteiger partial charge in [-0.1, -0.05) is 25.7 Å². The van der Waals surface area contributed by atoms with E-state index in [0.717, 1.165) is 29.8 Å². The Morgan fingerprint density at radius 1 is 1.29 bits per heavy atom. The summed E-state index contributed by atoms with van der Waals surface area (Å²) in [7, 11) is 0. The number of carbonyl (C=O) groups excluding carboxylic acids is 1. The van der Waals surface area contributed by atoms with E-state index in [1.54, 1.807) is 6.20 Å². The number of hydrogen-bond donors (Lipinski definition) is 1. The molecular weight excluding hydrogens is 310 g/mol. The van der Waals surface area contributed by atoms with Crippen LogP contribution < -0.4 is 5.32 Å². The molecule has 0 aliphatic heterocycles. The van der Waals surface area contributed by atoms with Crippen molar-refractivity contribution in [2.75, 3.05) is 5.32 Å². The van der Waals surface area contributed by atoms with Crippen LogP contribution in [0.3, 0.4) is 0 Å². The van der Waals surface area contributed by atoms with Crippen molar-refractivity contribution in [3.8, 4) is 11.1 Å². The second-order valence-electron chi connectivity index (χ2n) is 5.22. The van der Waals surface area contributed by atoms with Gasteiger partial charge in [0.2, 0.25) is 5.91 Å². The lowest BCUT2D eigenvalue weighted by Gasteiger charge is -2.10. The number of benzene rings is 1. The van der Waals surface area contributed by atoms with Gasteiger partial charge in [0.05, 0.1) is 5.69 Å². The van der Waals surface area contributed by atoms with Crippen molar-refractivity contribution in [3.63, 3.8) is 0 Å². The normalized spacial score (nSPS) is 10.8. The number of carbonyl (C=O) groups is 1. The van der Waals surface area contributed by atoms with Crippen LogP contribution in [0.15, 0.2) is 43.1 Å². The SMILES string of the molecule is C=CC(=O)Nc1cc(-c2cnc(C)c(/C=C\CC)c2)cc(F)c1F. The van der Waals surface area contributed by atoms with Crippen molar-refractivity contribution in [1.29, 1.82) is 0 Å². The van der Waals surface area contributed by atoms with Gasteiger partial charge in [0.1, 0.15) is 0 Å². The monoisotopic (exact) mass is 328 g/mol. The molecule has 3 nitrogen and oxygen atoms in total. The minimum absolute atomic E-state index is 0.235. The number of halogens is 2. The zero-order chi connectivity index (χ0) is 17.7. The average Bonchev–Trinajstić information content (AvgIpc) is 2.57. The summed E-state index contributed by atoms with van der Waals surface area (Å²) in [4.78, 5) is 15.7. The molecule has 1 heterocycles. The standard InChI is InChI=1S/C19H18F2N2O/c1-4-6-7-13-8-15(11-22-12(13)3)14-9-16(20)19(21)17(10-14)23-18(24)5-2/h5-11H,2,4H2,1,3H3,(H,23,24)/b7-6-. The quantitative estimate of drug-likeness (QED) is 0.795. The largest absolute Gasteiger partial charge is 0.320 e. The number of allylic oxidation sites excluding steroid dienone is 1. The third-order valence-corrected chi connectivity index (χ3v) is 3.46. The predicted octanol–water partition coefficient (Wildman–Crippen LogP) is 4.88. The van der Waals surface area contributed by atoms with Crippen molar-refractivity contribution in [1.82, 2.24) is 4.98 Å². The number of rotatable bonds is 5. The highest BCUT2D eigenvalue weighted by Gasteiger charge is 2.14. The minimum Gasteiger partial charge on any atom is -0.320 e. The molecule has 1 aromatic heterocycles. The highest BCUT2D eigenvalue weighted by Crippen LogP contribution is 2.28. The number of pyridine rings is 1. The second kappa shape index (κ2) is 7.64. The van der Waals surface area contributed by atoms with Crippen molar-refractivity contribution < 1.29 is 13.6 Å². The van der Waals surface area contributed by atoms with Crippen molar-refractivity contribution in [2.24, 2.45) is 0 Å². The summed E-state index contributed by atoms with van der Waals surface area (Å²) in [6.07, 6.45) is 7.39. The van der Waals surface area contributed by atoms with Gasteiger partial charge in [-0.3, -0.25) is 9.78 Å². The third kappa shape index (κ3) is 3.93. The number of amides is 1. The van der Waals surface area contributed by atoms with Crippen LogP contribution in [0, 0.1) is 18.6 Å². The summed E-state index contributed by atoms with van der Waals surface area (Å²) in [5, 5.41) is 2.26. The van der Waals surface area contributed by atoms with Gasteiger partial charge in [-0.15, -0.1) is 0 Å². The lowest BCUT2D eigenvalue weighted by Crippen LogP contribution is -2.10. The van der Waals surface area contributed by atoms with Gasteiger partial charge < -0.3 is 5.32 Å². The molecular formula is C19H18F2N2O. The van der Waals surface area contributed by atoms with Gasteiger partial charge in [-0.2, -0.15) is 0 Å². The van der Waals surface area contributed by atoms with Gasteiger partial charge in [0, 0.05) is 17.5 Å². The van der Waals surface area contributed by atoms with Crippen LogP contribution in [0.2, 0.25) is 0 Å². The molecule has 5 heteroatoms. The van der Waals surface area contributed by atoms with E-state index < -0.39 is 17.5 Å². The molecule has 0 radical (unpaired) electrons. The molecule has 0 saturated carbocycles. The van der Waals surface area contributed by atoms with E-state index in [0.29, 0.717) is 11.1 Å². The van der Waals surface area contributed by atoms with Crippen molar-refractivity contribution in [3.05, 3.63) is 66.0 Å². The van der Waals surface area contributed by atoms with Gasteiger partial charge in [0.15, 0.2) is 11.6 Å². The van der Waals surface area contributed by atoms with Crippen LogP contribution in [0.1, 0.15) is 24.6 Å². The zero-order valence-corrected chi connectivity index (χ0v) is 13.6. The maximum atomic E-state index is 13.9. The molecule has 0 spiro atoms. The fourth-order valence-corrected chi connectivity index (χ4v) is 2.15. The smallest absolute Gasteiger partial charge is 0.247 e. The molecule has 24 heavy (non-hydrogen) atoms. The van der Waals surface area contributed by atoms with E-state index in [4.69, 9.17) is 0 Å². The molecule has 0 aliphatic rings. The van der Waals surface area contributed by atoms with Crippen LogP contribution >= 0.6 is 0 Å². The predicted molar refractivity (Wildman–Crippen MR) is 92.5 cm³/mol. The fourth-order valence-electron chi connectivity index (χ4n) is 2.15. The minimum atomic E-state index is -1.11. The van der Waals surface area contributed by atoms with E-state index in [1.807, 2.05) is 32.1 Å². The summed E-state index contributed by atoms with van der Waals surface area (Å²) in [6, 6.07) is 4.30. The molecule has 0 atom stereocenters. The summed E-state index contributed by atoms with van der Waals surface area (Å²) in [5.41, 5.74) is 2.55. The Hall–Kier alpha value is -2.82. The van der Waals surface area contributed by atoms with Gasteiger partial charge in [0.25, 0.3) is 0 Å². The first kappa shape index (κ1) is 17.5.